The Morgan fingerprint density at radius 2 is 1.76 bits per heavy atom. The third-order valence-corrected chi connectivity index (χ3v) is 6.93. The van der Waals surface area contributed by atoms with Crippen LogP contribution >= 0.6 is 11.3 Å². The number of anilines is 1. The van der Waals surface area contributed by atoms with Crippen LogP contribution in [0.1, 0.15) is 45.6 Å². The van der Waals surface area contributed by atoms with Crippen LogP contribution in [-0.2, 0) is 12.8 Å². The highest BCUT2D eigenvalue weighted by Crippen LogP contribution is 2.40. The van der Waals surface area contributed by atoms with Crippen LogP contribution in [0.4, 0.5) is 10.7 Å². The lowest BCUT2D eigenvalue weighted by molar-refractivity contribution is 0.102. The van der Waals surface area contributed by atoms with Gasteiger partial charge >= 0.3 is 0 Å². The molecule has 1 aliphatic carbocycles. The fourth-order valence-corrected chi connectivity index (χ4v) is 5.29. The number of thiophene rings is 1. The summed E-state index contributed by atoms with van der Waals surface area (Å²) in [5.74, 6) is 1.87. The highest BCUT2D eigenvalue weighted by molar-refractivity contribution is 7.16. The van der Waals surface area contributed by atoms with Gasteiger partial charge in [-0.1, -0.05) is 12.5 Å². The third kappa shape index (κ3) is 5.03. The number of fused-ring (bicyclic) bond motifs is 1. The average molecular weight is 465 g/mol. The van der Waals surface area contributed by atoms with Crippen LogP contribution in [0, 0.1) is 0 Å². The van der Waals surface area contributed by atoms with E-state index in [1.165, 1.54) is 11.3 Å². The van der Waals surface area contributed by atoms with Gasteiger partial charge in [-0.3, -0.25) is 4.79 Å². The molecule has 3 aromatic rings. The molecule has 0 saturated heterocycles. The summed E-state index contributed by atoms with van der Waals surface area (Å²) in [4.78, 5) is 19.4. The molecule has 0 fully saturated rings. The summed E-state index contributed by atoms with van der Waals surface area (Å²) < 4.78 is 16.1. The molecule has 7 heteroatoms. The highest BCUT2D eigenvalue weighted by Gasteiger charge is 2.24. The van der Waals surface area contributed by atoms with Gasteiger partial charge in [0.05, 0.1) is 26.9 Å². The molecule has 1 amide bonds. The first-order valence-corrected chi connectivity index (χ1v) is 11.8. The molecule has 0 unspecified atom stereocenters. The molecule has 0 aliphatic heterocycles. The van der Waals surface area contributed by atoms with E-state index in [-0.39, 0.29) is 5.91 Å². The summed E-state index contributed by atoms with van der Waals surface area (Å²) in [5, 5.41) is 3.76. The molecule has 0 spiro atoms. The molecule has 1 aliphatic rings. The van der Waals surface area contributed by atoms with Gasteiger partial charge in [-0.2, -0.15) is 0 Å². The third-order valence-electron chi connectivity index (χ3n) is 5.73. The van der Waals surface area contributed by atoms with Crippen LogP contribution in [0.15, 0.2) is 47.5 Å². The monoisotopic (exact) mass is 464 g/mol. The van der Waals surface area contributed by atoms with E-state index in [1.807, 2.05) is 42.5 Å². The van der Waals surface area contributed by atoms with E-state index in [0.717, 1.165) is 53.2 Å². The molecule has 33 heavy (non-hydrogen) atoms. The zero-order chi connectivity index (χ0) is 23.2. The molecule has 0 atom stereocenters. The van der Waals surface area contributed by atoms with E-state index in [2.05, 4.69) is 5.32 Å². The van der Waals surface area contributed by atoms with Crippen molar-refractivity contribution in [2.45, 2.75) is 32.1 Å². The summed E-state index contributed by atoms with van der Waals surface area (Å²) in [6, 6.07) is 13.0. The quantitative estimate of drug-likeness (QED) is 0.342. The number of ether oxygens (including phenoxy) is 3. The second-order valence-electron chi connectivity index (χ2n) is 7.77. The number of benzene rings is 2. The normalized spacial score (nSPS) is 13.3. The lowest BCUT2D eigenvalue weighted by Gasteiger charge is -2.10. The predicted octanol–water partition coefficient (Wildman–Crippen LogP) is 6.05. The molecule has 0 saturated carbocycles. The van der Waals surface area contributed by atoms with Crippen LogP contribution < -0.4 is 19.5 Å². The maximum absolute atomic E-state index is 13.4. The summed E-state index contributed by atoms with van der Waals surface area (Å²) in [5.41, 5.74) is 3.32. The Bertz CT molecular complexity index is 1150. The minimum Gasteiger partial charge on any atom is -0.497 e. The first-order valence-electron chi connectivity index (χ1n) is 11.0. The van der Waals surface area contributed by atoms with Gasteiger partial charge in [0.1, 0.15) is 10.8 Å². The fraction of sp³-hybridized carbons (Fsp3) is 0.308. The second kappa shape index (κ2) is 10.5. The highest BCUT2D eigenvalue weighted by atomic mass is 32.1. The number of amides is 1. The van der Waals surface area contributed by atoms with Crippen molar-refractivity contribution in [3.05, 3.63) is 64.0 Å². The second-order valence-corrected chi connectivity index (χ2v) is 8.85. The van der Waals surface area contributed by atoms with E-state index in [9.17, 15) is 4.79 Å². The Hall–Kier alpha value is -3.32. The Balaban J connectivity index is 1.70. The van der Waals surface area contributed by atoms with Crippen LogP contribution in [0.3, 0.4) is 0 Å². The SMILES string of the molecule is COc1ccc(NC(=O)c2c(N=Cc3cccc(OC)c3OC)sc3c2CCCCC3)cc1. The molecule has 0 bridgehead atoms. The van der Waals surface area contributed by atoms with E-state index in [4.69, 9.17) is 19.2 Å². The lowest BCUT2D eigenvalue weighted by atomic mass is 10.0. The number of hydrogen-bond acceptors (Lipinski definition) is 6. The van der Waals surface area contributed by atoms with Crippen LogP contribution in [0.2, 0.25) is 0 Å². The van der Waals surface area contributed by atoms with Gasteiger partial charge in [-0.15, -0.1) is 11.3 Å². The zero-order valence-electron chi connectivity index (χ0n) is 19.1. The van der Waals surface area contributed by atoms with Gasteiger partial charge in [0.15, 0.2) is 11.5 Å². The fourth-order valence-electron chi connectivity index (χ4n) is 4.06. The van der Waals surface area contributed by atoms with Crippen molar-refractivity contribution in [2.75, 3.05) is 26.6 Å². The summed E-state index contributed by atoms with van der Waals surface area (Å²) in [6.07, 6.45) is 7.03. The van der Waals surface area contributed by atoms with E-state index in [1.54, 1.807) is 38.9 Å². The van der Waals surface area contributed by atoms with Gasteiger partial charge in [0.25, 0.3) is 5.91 Å². The molecule has 0 radical (unpaired) electrons. The van der Waals surface area contributed by atoms with Crippen LogP contribution in [0.25, 0.3) is 0 Å². The number of aryl methyl sites for hydroxylation is 1. The molecule has 1 aromatic heterocycles. The maximum Gasteiger partial charge on any atom is 0.259 e. The number of carbonyl (C=O) groups excluding carboxylic acids is 1. The van der Waals surface area contributed by atoms with Crippen molar-refractivity contribution in [1.29, 1.82) is 0 Å². The largest absolute Gasteiger partial charge is 0.497 e. The Labute approximate surface area is 198 Å². The number of aliphatic imine (C=N–C) groups is 1. The number of carbonyl (C=O) groups is 1. The molecular formula is C26H28N2O4S. The molecule has 6 nitrogen and oxygen atoms in total. The number of hydrogen-bond donors (Lipinski definition) is 1. The molecule has 2 aromatic carbocycles. The predicted molar refractivity (Wildman–Crippen MR) is 133 cm³/mol. The van der Waals surface area contributed by atoms with Crippen molar-refractivity contribution in [1.82, 2.24) is 0 Å². The van der Waals surface area contributed by atoms with Gasteiger partial charge in [0.2, 0.25) is 0 Å². The topological polar surface area (TPSA) is 69.2 Å². The van der Waals surface area contributed by atoms with Crippen molar-refractivity contribution in [3.63, 3.8) is 0 Å². The number of nitrogens with zero attached hydrogens (tertiary/aromatic N) is 1. The van der Waals surface area contributed by atoms with Gasteiger partial charge < -0.3 is 19.5 Å². The van der Waals surface area contributed by atoms with E-state index >= 15 is 0 Å². The lowest BCUT2D eigenvalue weighted by Crippen LogP contribution is -2.13. The number of para-hydroxylation sites is 1. The zero-order valence-corrected chi connectivity index (χ0v) is 20.0. The van der Waals surface area contributed by atoms with Crippen molar-refractivity contribution in [2.24, 2.45) is 4.99 Å². The Morgan fingerprint density at radius 1 is 0.970 bits per heavy atom. The average Bonchev–Trinajstić information content (AvgIpc) is 3.03. The van der Waals surface area contributed by atoms with E-state index < -0.39 is 0 Å². The Kier molecular flexibility index (Phi) is 7.29. The molecule has 1 heterocycles. The van der Waals surface area contributed by atoms with E-state index in [0.29, 0.717) is 17.1 Å². The van der Waals surface area contributed by atoms with Gasteiger partial charge in [-0.25, -0.2) is 4.99 Å². The van der Waals surface area contributed by atoms with Crippen molar-refractivity contribution in [3.8, 4) is 17.2 Å². The van der Waals surface area contributed by atoms with Crippen LogP contribution in [-0.4, -0.2) is 33.5 Å². The summed E-state index contributed by atoms with van der Waals surface area (Å²) in [7, 11) is 4.84. The Morgan fingerprint density at radius 3 is 2.48 bits per heavy atom. The first kappa shape index (κ1) is 22.9. The van der Waals surface area contributed by atoms with Crippen LogP contribution in [0.5, 0.6) is 17.2 Å². The molecule has 1 N–H and O–H groups in total. The summed E-state index contributed by atoms with van der Waals surface area (Å²) >= 11 is 1.61. The minimum atomic E-state index is -0.135. The number of nitrogens with one attached hydrogen (secondary N) is 1. The van der Waals surface area contributed by atoms with Crippen molar-refractivity contribution >= 4 is 34.1 Å². The van der Waals surface area contributed by atoms with Gasteiger partial charge in [-0.05, 0) is 67.6 Å². The molecule has 172 valence electrons. The molecule has 4 rings (SSSR count). The maximum atomic E-state index is 13.4. The minimum absolute atomic E-state index is 0.135. The van der Waals surface area contributed by atoms with Crippen molar-refractivity contribution < 1.29 is 19.0 Å². The smallest absolute Gasteiger partial charge is 0.259 e. The standard InChI is InChI=1S/C26H28N2O4S/c1-30-19-14-12-18(13-15-19)28-25(29)23-20-9-5-4-6-11-22(20)33-26(23)27-16-17-8-7-10-21(31-2)24(17)32-3/h7-8,10,12-16H,4-6,9,11H2,1-3H3,(H,28,29). The molecular weight excluding hydrogens is 436 g/mol. The summed E-state index contributed by atoms with van der Waals surface area (Å²) in [6.45, 7) is 0. The first-order chi connectivity index (χ1) is 16.1. The number of rotatable bonds is 7. The van der Waals surface area contributed by atoms with Gasteiger partial charge in [0, 0.05) is 22.3 Å². The number of methoxy groups -OCH3 is 3.